The van der Waals surface area contributed by atoms with Gasteiger partial charge in [-0.25, -0.2) is 4.99 Å². The average Bonchev–Trinajstić information content (AvgIpc) is 3.03. The number of hydrogen-bond acceptors (Lipinski definition) is 5. The predicted octanol–water partition coefficient (Wildman–Crippen LogP) is 3.44. The zero-order valence-corrected chi connectivity index (χ0v) is 16.9. The fraction of sp³-hybridized carbons (Fsp3) is 0.273. The van der Waals surface area contributed by atoms with Gasteiger partial charge in [-0.05, 0) is 42.8 Å². The van der Waals surface area contributed by atoms with Crippen LogP contribution in [0.1, 0.15) is 24.5 Å². The first-order chi connectivity index (χ1) is 13.4. The summed E-state index contributed by atoms with van der Waals surface area (Å²) in [6, 6.07) is 12.5. The predicted molar refractivity (Wildman–Crippen MR) is 114 cm³/mol. The summed E-state index contributed by atoms with van der Waals surface area (Å²) < 4.78 is 7.40. The number of carbonyl (C=O) groups excluding carboxylic acids is 1. The number of nitrogens with two attached hydrogens (primary N) is 1. The van der Waals surface area contributed by atoms with Crippen molar-refractivity contribution >= 4 is 43.4 Å². The third-order valence-corrected chi connectivity index (χ3v) is 6.27. The highest BCUT2D eigenvalue weighted by atomic mass is 32.1. The Labute approximate surface area is 167 Å². The van der Waals surface area contributed by atoms with Gasteiger partial charge in [-0.15, -0.1) is 11.3 Å². The van der Waals surface area contributed by atoms with E-state index in [1.165, 1.54) is 14.3 Å². The van der Waals surface area contributed by atoms with Crippen LogP contribution in [0.25, 0.3) is 20.2 Å². The lowest BCUT2D eigenvalue weighted by molar-refractivity contribution is -0.128. The van der Waals surface area contributed by atoms with Crippen LogP contribution in [-0.4, -0.2) is 37.5 Å². The quantitative estimate of drug-likeness (QED) is 0.681. The zero-order chi connectivity index (χ0) is 19.9. The molecule has 0 saturated carbocycles. The molecule has 5 nitrogen and oxygen atoms in total. The highest BCUT2D eigenvalue weighted by Crippen LogP contribution is 2.39. The summed E-state index contributed by atoms with van der Waals surface area (Å²) in [5.74, 6) is 6.36. The zero-order valence-electron chi connectivity index (χ0n) is 16.1. The smallest absolute Gasteiger partial charge is 0.231 e. The maximum absolute atomic E-state index is 12.3. The number of aliphatic imine (C=N–C) groups is 1. The molecule has 0 radical (unpaired) electrons. The van der Waals surface area contributed by atoms with E-state index in [1.54, 1.807) is 25.5 Å². The molecule has 0 fully saturated rings. The second-order valence-electron chi connectivity index (χ2n) is 7.13. The van der Waals surface area contributed by atoms with Crippen LogP contribution in [0.3, 0.4) is 0 Å². The molecule has 0 bridgehead atoms. The second-order valence-corrected chi connectivity index (χ2v) is 8.22. The Balaban J connectivity index is 1.84. The Hall–Kier alpha value is -2.88. The first-order valence-electron chi connectivity index (χ1n) is 8.98. The number of methoxy groups -OCH3 is 1. The average molecular weight is 391 g/mol. The molecule has 0 saturated heterocycles. The number of guanidine groups is 1. The number of fused-ring (bicyclic) bond motifs is 3. The highest BCUT2D eigenvalue weighted by Gasteiger charge is 2.36. The van der Waals surface area contributed by atoms with Gasteiger partial charge in [0.05, 0.1) is 12.0 Å². The van der Waals surface area contributed by atoms with Crippen molar-refractivity contribution in [3.8, 4) is 11.8 Å². The number of nitrogens with zero attached hydrogens (tertiary/aromatic N) is 2. The fourth-order valence-corrected chi connectivity index (χ4v) is 4.54. The molecular formula is C22H21N3O2S. The molecule has 0 unspecified atom stereocenters. The molecule has 1 aliphatic heterocycles. The van der Waals surface area contributed by atoms with Crippen LogP contribution < -0.4 is 5.73 Å². The topological polar surface area (TPSA) is 67.9 Å². The molecule has 0 spiro atoms. The first-order valence-corrected chi connectivity index (χ1v) is 9.79. The van der Waals surface area contributed by atoms with Gasteiger partial charge in [0, 0.05) is 39.9 Å². The number of rotatable bonds is 2. The summed E-state index contributed by atoms with van der Waals surface area (Å²) in [6.45, 7) is 2.37. The van der Waals surface area contributed by atoms with Crippen LogP contribution in [0.5, 0.6) is 0 Å². The normalized spacial score (nSPS) is 19.6. The molecule has 0 aliphatic carbocycles. The minimum atomic E-state index is -0.661. The SMILES string of the molecule is COCC#Cc1ccc2sc3ccc([C@]4(C)CC(=O)N(C)C(N)=N4)cc3c2c1. The van der Waals surface area contributed by atoms with E-state index < -0.39 is 5.54 Å². The van der Waals surface area contributed by atoms with Crippen LogP contribution in [0, 0.1) is 11.8 Å². The monoisotopic (exact) mass is 391 g/mol. The number of ether oxygens (including phenoxy) is 1. The van der Waals surface area contributed by atoms with Crippen molar-refractivity contribution in [1.29, 1.82) is 0 Å². The first kappa shape index (κ1) is 18.5. The van der Waals surface area contributed by atoms with Gasteiger partial charge in [0.1, 0.15) is 6.61 Å². The van der Waals surface area contributed by atoms with E-state index in [9.17, 15) is 4.79 Å². The maximum Gasteiger partial charge on any atom is 0.231 e. The molecule has 6 heteroatoms. The minimum Gasteiger partial charge on any atom is -0.372 e. The van der Waals surface area contributed by atoms with Crippen LogP contribution in [-0.2, 0) is 15.1 Å². The number of benzene rings is 2. The van der Waals surface area contributed by atoms with E-state index in [4.69, 9.17) is 10.5 Å². The third-order valence-electron chi connectivity index (χ3n) is 5.11. The minimum absolute atomic E-state index is 0.0269. The molecule has 142 valence electrons. The van der Waals surface area contributed by atoms with Crippen molar-refractivity contribution in [3.63, 3.8) is 0 Å². The van der Waals surface area contributed by atoms with Gasteiger partial charge in [-0.1, -0.05) is 17.9 Å². The molecule has 1 aliphatic rings. The van der Waals surface area contributed by atoms with E-state index in [0.29, 0.717) is 13.0 Å². The standard InChI is InChI=1S/C22H21N3O2S/c1-22(13-20(26)25(2)21(23)24-22)15-7-9-19-17(12-15)16-11-14(5-4-10-27-3)6-8-18(16)28-19/h6-9,11-12H,10,13H2,1-3H3,(H2,23,24)/t22-/m0/s1. The maximum atomic E-state index is 12.3. The van der Waals surface area contributed by atoms with Gasteiger partial charge in [0.2, 0.25) is 5.91 Å². The number of thiophene rings is 1. The van der Waals surface area contributed by atoms with Crippen molar-refractivity contribution in [2.75, 3.05) is 20.8 Å². The summed E-state index contributed by atoms with van der Waals surface area (Å²) in [7, 11) is 3.29. The molecule has 1 aromatic heterocycles. The highest BCUT2D eigenvalue weighted by molar-refractivity contribution is 7.25. The van der Waals surface area contributed by atoms with Crippen LogP contribution in [0.15, 0.2) is 41.4 Å². The largest absolute Gasteiger partial charge is 0.372 e. The summed E-state index contributed by atoms with van der Waals surface area (Å²) in [5, 5.41) is 2.31. The van der Waals surface area contributed by atoms with Crippen molar-refractivity contribution in [2.45, 2.75) is 18.9 Å². The summed E-state index contributed by atoms with van der Waals surface area (Å²) >= 11 is 1.75. The van der Waals surface area contributed by atoms with Crippen LogP contribution in [0.4, 0.5) is 0 Å². The Morgan fingerprint density at radius 1 is 1.25 bits per heavy atom. The fourth-order valence-electron chi connectivity index (χ4n) is 3.48. The van der Waals surface area contributed by atoms with E-state index >= 15 is 0 Å². The molecule has 2 N–H and O–H groups in total. The molecule has 2 heterocycles. The number of carbonyl (C=O) groups is 1. The van der Waals surface area contributed by atoms with E-state index in [2.05, 4.69) is 41.1 Å². The molecule has 1 amide bonds. The molecular weight excluding hydrogens is 370 g/mol. The Bertz CT molecular complexity index is 1180. The van der Waals surface area contributed by atoms with E-state index in [-0.39, 0.29) is 11.9 Å². The van der Waals surface area contributed by atoms with E-state index in [0.717, 1.165) is 21.9 Å². The molecule has 4 rings (SSSR count). The molecule has 1 atom stereocenters. The number of hydrogen-bond donors (Lipinski definition) is 1. The van der Waals surface area contributed by atoms with Gasteiger partial charge in [-0.2, -0.15) is 0 Å². The summed E-state index contributed by atoms with van der Waals surface area (Å²) in [5.41, 5.74) is 7.26. The lowest BCUT2D eigenvalue weighted by Gasteiger charge is -2.33. The molecule has 3 aromatic rings. The molecule has 2 aromatic carbocycles. The third kappa shape index (κ3) is 3.13. The van der Waals surface area contributed by atoms with Gasteiger partial charge >= 0.3 is 0 Å². The Morgan fingerprint density at radius 3 is 2.68 bits per heavy atom. The van der Waals surface area contributed by atoms with Gasteiger partial charge < -0.3 is 10.5 Å². The van der Waals surface area contributed by atoms with Gasteiger partial charge in [0.15, 0.2) is 5.96 Å². The summed E-state index contributed by atoms with van der Waals surface area (Å²) in [4.78, 5) is 18.4. The van der Waals surface area contributed by atoms with Gasteiger partial charge in [0.25, 0.3) is 0 Å². The van der Waals surface area contributed by atoms with Crippen molar-refractivity contribution in [3.05, 3.63) is 47.5 Å². The lowest BCUT2D eigenvalue weighted by atomic mass is 9.87. The Morgan fingerprint density at radius 2 is 1.96 bits per heavy atom. The van der Waals surface area contributed by atoms with Crippen molar-refractivity contribution < 1.29 is 9.53 Å². The number of amides is 1. The van der Waals surface area contributed by atoms with Crippen LogP contribution >= 0.6 is 11.3 Å². The summed E-state index contributed by atoms with van der Waals surface area (Å²) in [6.07, 6.45) is 0.297. The molecule has 28 heavy (non-hydrogen) atoms. The van der Waals surface area contributed by atoms with Gasteiger partial charge in [-0.3, -0.25) is 9.69 Å². The van der Waals surface area contributed by atoms with Crippen molar-refractivity contribution in [1.82, 2.24) is 4.90 Å². The van der Waals surface area contributed by atoms with Crippen LogP contribution in [0.2, 0.25) is 0 Å². The van der Waals surface area contributed by atoms with Crippen molar-refractivity contribution in [2.24, 2.45) is 10.7 Å². The Kier molecular flexibility index (Phi) is 4.58. The second kappa shape index (κ2) is 6.93. The van der Waals surface area contributed by atoms with E-state index in [1.807, 2.05) is 19.1 Å². The lowest BCUT2D eigenvalue weighted by Crippen LogP contribution is -2.47.